The van der Waals surface area contributed by atoms with Gasteiger partial charge in [0.1, 0.15) is 11.5 Å². The van der Waals surface area contributed by atoms with Crippen LogP contribution in [0.2, 0.25) is 0 Å². The highest BCUT2D eigenvalue weighted by Crippen LogP contribution is 2.30. The number of hydrogen-bond acceptors (Lipinski definition) is 4. The fraction of sp³-hybridized carbons (Fsp3) is 0.278. The maximum Gasteiger partial charge on any atom is 0.339 e. The third-order valence-electron chi connectivity index (χ3n) is 3.95. The van der Waals surface area contributed by atoms with E-state index in [1.54, 1.807) is 23.1 Å². The van der Waals surface area contributed by atoms with Crippen molar-refractivity contribution >= 4 is 11.9 Å². The predicted octanol–water partition coefficient (Wildman–Crippen LogP) is 2.81. The molecule has 3 rings (SSSR count). The van der Waals surface area contributed by atoms with Gasteiger partial charge in [0.25, 0.3) is 5.91 Å². The van der Waals surface area contributed by atoms with Crippen molar-refractivity contribution < 1.29 is 18.7 Å². The van der Waals surface area contributed by atoms with Crippen molar-refractivity contribution in [2.24, 2.45) is 0 Å². The van der Waals surface area contributed by atoms with Crippen molar-refractivity contribution in [3.8, 4) is 0 Å². The molecule has 1 fully saturated rings. The maximum absolute atomic E-state index is 13.9. The van der Waals surface area contributed by atoms with Gasteiger partial charge < -0.3 is 9.64 Å². The molecule has 0 saturated heterocycles. The lowest BCUT2D eigenvalue weighted by Gasteiger charge is -2.22. The van der Waals surface area contributed by atoms with Crippen molar-refractivity contribution in [1.29, 1.82) is 0 Å². The number of aromatic nitrogens is 1. The van der Waals surface area contributed by atoms with Crippen LogP contribution in [0.5, 0.6) is 0 Å². The molecule has 0 aliphatic heterocycles. The Hall–Kier alpha value is -2.76. The first-order valence-corrected chi connectivity index (χ1v) is 7.69. The normalized spacial score (nSPS) is 13.4. The average molecular weight is 328 g/mol. The first kappa shape index (κ1) is 16.1. The van der Waals surface area contributed by atoms with Crippen LogP contribution < -0.4 is 0 Å². The summed E-state index contributed by atoms with van der Waals surface area (Å²) < 4.78 is 18.5. The number of benzene rings is 1. The molecule has 1 aliphatic carbocycles. The number of halogens is 1. The second-order valence-electron chi connectivity index (χ2n) is 5.68. The number of carbonyl (C=O) groups is 2. The van der Waals surface area contributed by atoms with Gasteiger partial charge in [0.05, 0.1) is 12.7 Å². The number of carbonyl (C=O) groups excluding carboxylic acids is 2. The van der Waals surface area contributed by atoms with E-state index in [-0.39, 0.29) is 35.6 Å². The smallest absolute Gasteiger partial charge is 0.339 e. The van der Waals surface area contributed by atoms with E-state index in [0.29, 0.717) is 5.56 Å². The van der Waals surface area contributed by atoms with Gasteiger partial charge in [-0.25, -0.2) is 9.18 Å². The number of nitrogens with zero attached hydrogens (tertiary/aromatic N) is 2. The third kappa shape index (κ3) is 3.42. The Labute approximate surface area is 139 Å². The van der Waals surface area contributed by atoms with E-state index in [1.165, 1.54) is 31.5 Å². The van der Waals surface area contributed by atoms with Crippen LogP contribution in [0.4, 0.5) is 4.39 Å². The molecule has 1 aromatic heterocycles. The molecule has 124 valence electrons. The van der Waals surface area contributed by atoms with E-state index in [9.17, 15) is 14.0 Å². The largest absolute Gasteiger partial charge is 0.465 e. The van der Waals surface area contributed by atoms with E-state index in [4.69, 9.17) is 0 Å². The predicted molar refractivity (Wildman–Crippen MR) is 84.9 cm³/mol. The summed E-state index contributed by atoms with van der Waals surface area (Å²) in [7, 11) is 1.28. The van der Waals surface area contributed by atoms with Gasteiger partial charge in [-0.05, 0) is 31.0 Å². The van der Waals surface area contributed by atoms with Crippen molar-refractivity contribution in [1.82, 2.24) is 9.88 Å². The molecule has 0 N–H and O–H groups in total. The first-order valence-electron chi connectivity index (χ1n) is 7.69. The average Bonchev–Trinajstić information content (AvgIpc) is 3.45. The Balaban J connectivity index is 1.80. The number of methoxy groups -OCH3 is 1. The molecule has 1 amide bonds. The number of hydrogen-bond donors (Lipinski definition) is 0. The molecule has 5 nitrogen and oxygen atoms in total. The van der Waals surface area contributed by atoms with Crippen LogP contribution in [-0.4, -0.2) is 34.9 Å². The summed E-state index contributed by atoms with van der Waals surface area (Å²) in [6.07, 6.45) is 3.12. The summed E-state index contributed by atoms with van der Waals surface area (Å²) in [4.78, 5) is 29.8. The fourth-order valence-corrected chi connectivity index (χ4v) is 2.47. The van der Waals surface area contributed by atoms with Crippen LogP contribution in [0, 0.1) is 5.82 Å². The van der Waals surface area contributed by atoms with Crippen LogP contribution in [-0.2, 0) is 11.3 Å². The van der Waals surface area contributed by atoms with Gasteiger partial charge in [-0.1, -0.05) is 18.2 Å². The monoisotopic (exact) mass is 328 g/mol. The zero-order valence-corrected chi connectivity index (χ0v) is 13.2. The molecule has 24 heavy (non-hydrogen) atoms. The lowest BCUT2D eigenvalue weighted by Crippen LogP contribution is -2.33. The molecular weight excluding hydrogens is 311 g/mol. The van der Waals surface area contributed by atoms with Crippen LogP contribution >= 0.6 is 0 Å². The molecule has 1 aliphatic rings. The highest BCUT2D eigenvalue weighted by atomic mass is 19.1. The number of pyridine rings is 1. The fourth-order valence-electron chi connectivity index (χ4n) is 2.47. The molecule has 1 heterocycles. The third-order valence-corrected chi connectivity index (χ3v) is 3.95. The quantitative estimate of drug-likeness (QED) is 0.792. The Morgan fingerprint density at radius 2 is 2.00 bits per heavy atom. The molecule has 0 spiro atoms. The topological polar surface area (TPSA) is 59.5 Å². The molecule has 0 unspecified atom stereocenters. The molecule has 0 bridgehead atoms. The standard InChI is InChI=1S/C18H17FN2O3/c1-24-18(23)12-6-9-16(20-10-12)17(22)21(14-7-8-14)11-13-4-2-3-5-15(13)19/h2-6,9-10,14H,7-8,11H2,1H3. The van der Waals surface area contributed by atoms with Crippen molar-refractivity contribution in [3.63, 3.8) is 0 Å². The van der Waals surface area contributed by atoms with Gasteiger partial charge >= 0.3 is 5.97 Å². The second kappa shape index (κ2) is 6.78. The molecule has 0 radical (unpaired) electrons. The van der Waals surface area contributed by atoms with Gasteiger partial charge in [0.15, 0.2) is 0 Å². The van der Waals surface area contributed by atoms with Gasteiger partial charge in [-0.3, -0.25) is 9.78 Å². The molecule has 6 heteroatoms. The van der Waals surface area contributed by atoms with Gasteiger partial charge in [0, 0.05) is 24.3 Å². The number of amides is 1. The van der Waals surface area contributed by atoms with Crippen LogP contribution in [0.25, 0.3) is 0 Å². The summed E-state index contributed by atoms with van der Waals surface area (Å²) in [5.74, 6) is -1.10. The Kier molecular flexibility index (Phi) is 4.55. The molecule has 0 atom stereocenters. The Bertz CT molecular complexity index is 757. The Morgan fingerprint density at radius 1 is 1.25 bits per heavy atom. The van der Waals surface area contributed by atoms with Gasteiger partial charge in [0.2, 0.25) is 0 Å². The van der Waals surface area contributed by atoms with E-state index in [1.807, 2.05) is 0 Å². The zero-order chi connectivity index (χ0) is 17.1. The minimum absolute atomic E-state index is 0.110. The van der Waals surface area contributed by atoms with E-state index >= 15 is 0 Å². The summed E-state index contributed by atoms with van der Waals surface area (Å²) in [6, 6.07) is 9.53. The minimum atomic E-state index is -0.507. The van der Waals surface area contributed by atoms with E-state index in [0.717, 1.165) is 12.8 Å². The van der Waals surface area contributed by atoms with Crippen LogP contribution in [0.15, 0.2) is 42.6 Å². The first-order chi connectivity index (χ1) is 11.6. The van der Waals surface area contributed by atoms with Gasteiger partial charge in [-0.15, -0.1) is 0 Å². The van der Waals surface area contributed by atoms with Crippen molar-refractivity contribution in [2.75, 3.05) is 7.11 Å². The summed E-state index contributed by atoms with van der Waals surface area (Å²) in [6.45, 7) is 0.205. The summed E-state index contributed by atoms with van der Waals surface area (Å²) >= 11 is 0. The van der Waals surface area contributed by atoms with Gasteiger partial charge in [-0.2, -0.15) is 0 Å². The molecule has 1 aromatic carbocycles. The second-order valence-corrected chi connectivity index (χ2v) is 5.68. The lowest BCUT2D eigenvalue weighted by atomic mass is 10.1. The van der Waals surface area contributed by atoms with Crippen molar-refractivity contribution in [3.05, 3.63) is 65.2 Å². The zero-order valence-electron chi connectivity index (χ0n) is 13.2. The number of ether oxygens (including phenoxy) is 1. The van der Waals surface area contributed by atoms with Crippen LogP contribution in [0.3, 0.4) is 0 Å². The van der Waals surface area contributed by atoms with Crippen LogP contribution in [0.1, 0.15) is 39.3 Å². The molecule has 1 saturated carbocycles. The van der Waals surface area contributed by atoms with E-state index in [2.05, 4.69) is 9.72 Å². The van der Waals surface area contributed by atoms with Crippen molar-refractivity contribution in [2.45, 2.75) is 25.4 Å². The van der Waals surface area contributed by atoms with E-state index < -0.39 is 5.97 Å². The SMILES string of the molecule is COC(=O)c1ccc(C(=O)N(Cc2ccccc2F)C2CC2)nc1. The maximum atomic E-state index is 13.9. The highest BCUT2D eigenvalue weighted by Gasteiger charge is 2.34. The Morgan fingerprint density at radius 3 is 2.58 bits per heavy atom. The minimum Gasteiger partial charge on any atom is -0.465 e. The summed E-state index contributed by atoms with van der Waals surface area (Å²) in [5.41, 5.74) is 0.982. The summed E-state index contributed by atoms with van der Waals surface area (Å²) in [5, 5.41) is 0. The number of rotatable bonds is 5. The number of esters is 1. The highest BCUT2D eigenvalue weighted by molar-refractivity contribution is 5.94. The molecule has 2 aromatic rings. The lowest BCUT2D eigenvalue weighted by molar-refractivity contribution is 0.0598. The molecular formula is C18H17FN2O3.